The number of alkyl halides is 3. The number of carbonyl (C=O) groups is 1. The van der Waals surface area contributed by atoms with Crippen LogP contribution < -0.4 is 4.90 Å². The summed E-state index contributed by atoms with van der Waals surface area (Å²) in [5, 5.41) is -0.197. The van der Waals surface area contributed by atoms with E-state index < -0.39 is 38.8 Å². The van der Waals surface area contributed by atoms with Crippen LogP contribution in [0.5, 0.6) is 0 Å². The molecule has 3 atom stereocenters. The Morgan fingerprint density at radius 2 is 2.07 bits per heavy atom. The number of benzene rings is 1. The lowest BCUT2D eigenvalue weighted by Crippen LogP contribution is -2.38. The van der Waals surface area contributed by atoms with E-state index in [-0.39, 0.29) is 33.3 Å². The molecule has 0 aromatic heterocycles. The number of fused-ring (bicyclic) bond motifs is 1. The minimum atomic E-state index is -4.59. The van der Waals surface area contributed by atoms with E-state index >= 15 is 0 Å². The number of aliphatic imine (C=N–C) groups is 1. The summed E-state index contributed by atoms with van der Waals surface area (Å²) in [7, 11) is -3.34. The number of halogens is 4. The Morgan fingerprint density at radius 1 is 1.39 bits per heavy atom. The highest BCUT2D eigenvalue weighted by Gasteiger charge is 2.50. The van der Waals surface area contributed by atoms with Crippen molar-refractivity contribution in [1.29, 1.82) is 0 Å². The largest absolute Gasteiger partial charge is 0.416 e. The van der Waals surface area contributed by atoms with Crippen LogP contribution in [0.1, 0.15) is 25.8 Å². The van der Waals surface area contributed by atoms with Crippen molar-refractivity contribution >= 4 is 50.0 Å². The van der Waals surface area contributed by atoms with Gasteiger partial charge in [0.2, 0.25) is 0 Å². The van der Waals surface area contributed by atoms with Crippen molar-refractivity contribution in [2.24, 2.45) is 10.9 Å². The van der Waals surface area contributed by atoms with E-state index in [1.165, 1.54) is 4.90 Å². The highest BCUT2D eigenvalue weighted by Crippen LogP contribution is 2.44. The third-order valence-electron chi connectivity index (χ3n) is 4.84. The molecule has 2 heterocycles. The van der Waals surface area contributed by atoms with E-state index in [4.69, 9.17) is 11.6 Å². The van der Waals surface area contributed by atoms with Crippen LogP contribution in [0.25, 0.3) is 0 Å². The lowest BCUT2D eigenvalue weighted by Gasteiger charge is -2.26. The number of hydrogen-bond acceptors (Lipinski definition) is 4. The second kappa shape index (κ2) is 7.53. The van der Waals surface area contributed by atoms with Gasteiger partial charge in [0.25, 0.3) is 5.91 Å². The van der Waals surface area contributed by atoms with E-state index in [1.54, 1.807) is 6.92 Å². The number of rotatable bonds is 3. The molecular weight excluding hydrogens is 437 g/mol. The summed E-state index contributed by atoms with van der Waals surface area (Å²) in [6.45, 7) is 3.53. The summed E-state index contributed by atoms with van der Waals surface area (Å²) in [5.74, 6) is -1.10. The predicted octanol–water partition coefficient (Wildman–Crippen LogP) is 4.01. The van der Waals surface area contributed by atoms with Gasteiger partial charge in [-0.15, -0.1) is 0 Å². The molecule has 1 amide bonds. The fraction of sp³-hybridized carbons (Fsp3) is 0.529. The predicted molar refractivity (Wildman–Crippen MR) is 105 cm³/mol. The Kier molecular flexibility index (Phi) is 5.77. The lowest BCUT2D eigenvalue weighted by atomic mass is 10.1. The zero-order chi connectivity index (χ0) is 20.9. The molecule has 28 heavy (non-hydrogen) atoms. The third-order valence-corrected chi connectivity index (χ3v) is 8.37. The highest BCUT2D eigenvalue weighted by molar-refractivity contribution is 8.16. The molecule has 0 bridgehead atoms. The van der Waals surface area contributed by atoms with E-state index in [2.05, 4.69) is 4.99 Å². The number of hydrogen-bond donors (Lipinski definition) is 0. The summed E-state index contributed by atoms with van der Waals surface area (Å²) >= 11 is 7.27. The number of sulfone groups is 1. The normalized spacial score (nSPS) is 26.5. The average molecular weight is 455 g/mol. The van der Waals surface area contributed by atoms with Crippen molar-refractivity contribution in [1.82, 2.24) is 0 Å². The fourth-order valence-electron chi connectivity index (χ4n) is 3.10. The smallest absolute Gasteiger partial charge is 0.314 e. The van der Waals surface area contributed by atoms with Crippen molar-refractivity contribution in [2.75, 3.05) is 16.4 Å². The molecule has 0 N–H and O–H groups in total. The van der Waals surface area contributed by atoms with Crippen molar-refractivity contribution < 1.29 is 26.4 Å². The van der Waals surface area contributed by atoms with Gasteiger partial charge in [-0.2, -0.15) is 18.2 Å². The van der Waals surface area contributed by atoms with Gasteiger partial charge in [-0.1, -0.05) is 37.2 Å². The third kappa shape index (κ3) is 4.18. The molecule has 0 saturated carbocycles. The molecule has 3 unspecified atom stereocenters. The monoisotopic (exact) mass is 454 g/mol. The first kappa shape index (κ1) is 21.4. The first-order chi connectivity index (χ1) is 12.9. The molecule has 154 valence electrons. The van der Waals surface area contributed by atoms with Crippen LogP contribution in [0.2, 0.25) is 5.02 Å². The Balaban J connectivity index is 2.10. The molecule has 1 aromatic carbocycles. The average Bonchev–Trinajstić information content (AvgIpc) is 3.04. The minimum absolute atomic E-state index is 0.00398. The Morgan fingerprint density at radius 3 is 2.68 bits per heavy atom. The van der Waals surface area contributed by atoms with Crippen molar-refractivity contribution in [3.63, 3.8) is 0 Å². The molecule has 2 fully saturated rings. The maximum absolute atomic E-state index is 13.2. The van der Waals surface area contributed by atoms with Crippen LogP contribution in [-0.2, 0) is 20.8 Å². The number of amides is 1. The standard InChI is InChI=1S/C17H18ClF3N2O3S2/c1-3-9(2)15(24)22-16-23(13-7-28(25,26)8-14(13)27-16)12-6-10(17(19,20)21)4-5-11(12)18/h4-6,9,13-14H,3,7-8H2,1-2H3. The topological polar surface area (TPSA) is 66.8 Å². The second-order valence-electron chi connectivity index (χ2n) is 6.88. The van der Waals surface area contributed by atoms with Gasteiger partial charge in [-0.05, 0) is 24.6 Å². The van der Waals surface area contributed by atoms with Crippen molar-refractivity contribution in [2.45, 2.75) is 37.7 Å². The lowest BCUT2D eigenvalue weighted by molar-refractivity contribution is -0.137. The first-order valence-corrected chi connectivity index (χ1v) is 11.7. The molecular formula is C17H18ClF3N2O3S2. The number of carbonyl (C=O) groups excluding carboxylic acids is 1. The summed E-state index contributed by atoms with van der Waals surface area (Å²) in [5.41, 5.74) is -0.905. The number of nitrogens with zero attached hydrogens (tertiary/aromatic N) is 2. The van der Waals surface area contributed by atoms with E-state index in [0.717, 1.165) is 30.0 Å². The SMILES string of the molecule is CCC(C)C(=O)N=C1SC2CS(=O)(=O)CC2N1c1cc(C(F)(F)F)ccc1Cl. The quantitative estimate of drug-likeness (QED) is 0.690. The van der Waals surface area contributed by atoms with Crippen molar-refractivity contribution in [3.8, 4) is 0 Å². The van der Waals surface area contributed by atoms with Crippen molar-refractivity contribution in [3.05, 3.63) is 28.8 Å². The number of thioether (sulfide) groups is 1. The molecule has 11 heteroatoms. The molecule has 2 aliphatic rings. The summed E-state index contributed by atoms with van der Waals surface area (Å²) in [4.78, 5) is 17.8. The van der Waals surface area contributed by atoms with E-state index in [0.29, 0.717) is 6.42 Å². The Labute approximate surface area is 170 Å². The maximum atomic E-state index is 13.2. The number of amidine groups is 1. The molecule has 0 spiro atoms. The van der Waals surface area contributed by atoms with Gasteiger partial charge in [0.1, 0.15) is 0 Å². The Bertz CT molecular complexity index is 934. The first-order valence-electron chi connectivity index (χ1n) is 8.58. The van der Waals surface area contributed by atoms with Crippen LogP contribution in [0.15, 0.2) is 23.2 Å². The molecule has 0 aliphatic carbocycles. The molecule has 0 radical (unpaired) electrons. The van der Waals surface area contributed by atoms with Gasteiger partial charge in [-0.25, -0.2) is 8.42 Å². The summed E-state index contributed by atoms with van der Waals surface area (Å²) < 4.78 is 63.7. The van der Waals surface area contributed by atoms with Gasteiger partial charge in [0.15, 0.2) is 15.0 Å². The van der Waals surface area contributed by atoms with Crippen LogP contribution >= 0.6 is 23.4 Å². The minimum Gasteiger partial charge on any atom is -0.314 e. The van der Waals surface area contributed by atoms with Gasteiger partial charge < -0.3 is 4.90 Å². The van der Waals surface area contributed by atoms with Crippen LogP contribution in [0.3, 0.4) is 0 Å². The van der Waals surface area contributed by atoms with E-state index in [1.807, 2.05) is 6.92 Å². The van der Waals surface area contributed by atoms with Crippen LogP contribution in [0.4, 0.5) is 18.9 Å². The zero-order valence-electron chi connectivity index (χ0n) is 15.0. The molecule has 2 aliphatic heterocycles. The Hall–Kier alpha value is -1.26. The van der Waals surface area contributed by atoms with Gasteiger partial charge in [-0.3, -0.25) is 4.79 Å². The van der Waals surface area contributed by atoms with Crippen LogP contribution in [0, 0.1) is 5.92 Å². The summed E-state index contributed by atoms with van der Waals surface area (Å²) in [6, 6.07) is 2.23. The number of anilines is 1. The summed E-state index contributed by atoms with van der Waals surface area (Å²) in [6.07, 6.45) is -4.02. The molecule has 3 rings (SSSR count). The maximum Gasteiger partial charge on any atom is 0.416 e. The second-order valence-corrected chi connectivity index (χ2v) is 10.6. The van der Waals surface area contributed by atoms with Crippen LogP contribution in [-0.4, -0.2) is 42.3 Å². The molecule has 5 nitrogen and oxygen atoms in total. The van der Waals surface area contributed by atoms with Gasteiger partial charge in [0, 0.05) is 11.2 Å². The van der Waals surface area contributed by atoms with Gasteiger partial charge in [0.05, 0.1) is 33.8 Å². The van der Waals surface area contributed by atoms with Gasteiger partial charge >= 0.3 is 6.18 Å². The fourth-order valence-corrected chi connectivity index (χ4v) is 7.22. The molecule has 1 aromatic rings. The molecule has 2 saturated heterocycles. The zero-order valence-corrected chi connectivity index (χ0v) is 17.4. The highest BCUT2D eigenvalue weighted by atomic mass is 35.5. The van der Waals surface area contributed by atoms with E-state index in [9.17, 15) is 26.4 Å².